The van der Waals surface area contributed by atoms with Gasteiger partial charge in [0.2, 0.25) is 0 Å². The van der Waals surface area contributed by atoms with Crippen LogP contribution in [0, 0.1) is 5.92 Å². The Bertz CT molecular complexity index is 312. The summed E-state index contributed by atoms with van der Waals surface area (Å²) in [6.07, 6.45) is 2.28. The third-order valence-electron chi connectivity index (χ3n) is 2.09. The lowest BCUT2D eigenvalue weighted by Crippen LogP contribution is -2.07. The number of H-pyrrole nitrogens is 2. The van der Waals surface area contributed by atoms with E-state index in [0.29, 0.717) is 11.7 Å². The number of ether oxygens (including phenoxy) is 1. The highest BCUT2D eigenvalue weighted by molar-refractivity contribution is 4.96. The second kappa shape index (κ2) is 2.75. The zero-order valence-corrected chi connectivity index (χ0v) is 6.83. The number of aromatic nitrogens is 3. The van der Waals surface area contributed by atoms with Gasteiger partial charge in [0.25, 0.3) is 0 Å². The number of aromatic amines is 2. The van der Waals surface area contributed by atoms with E-state index < -0.39 is 0 Å². The second-order valence-corrected chi connectivity index (χ2v) is 3.06. The largest absolute Gasteiger partial charge is 0.373 e. The molecule has 1 heterocycles. The maximum absolute atomic E-state index is 10.7. The molecule has 12 heavy (non-hydrogen) atoms. The van der Waals surface area contributed by atoms with Gasteiger partial charge in [0.15, 0.2) is 5.82 Å². The smallest absolute Gasteiger partial charge is 0.340 e. The van der Waals surface area contributed by atoms with E-state index in [0.717, 1.165) is 12.8 Å². The third kappa shape index (κ3) is 1.27. The standard InChI is InChI=1S/C7H11N3O2/c1-12-5(4-2-3-4)6-8-7(11)10-9-6/h4-5H,2-3H2,1H3,(H2,8,9,10,11). The Hall–Kier alpha value is -1.10. The first-order chi connectivity index (χ1) is 5.81. The summed E-state index contributed by atoms with van der Waals surface area (Å²) in [6.45, 7) is 0. The van der Waals surface area contributed by atoms with Crippen molar-refractivity contribution >= 4 is 0 Å². The van der Waals surface area contributed by atoms with Crippen LogP contribution in [0.25, 0.3) is 0 Å². The quantitative estimate of drug-likeness (QED) is 0.678. The van der Waals surface area contributed by atoms with Gasteiger partial charge in [-0.1, -0.05) is 0 Å². The van der Waals surface area contributed by atoms with Gasteiger partial charge in [-0.05, 0) is 18.8 Å². The Morgan fingerprint density at radius 2 is 2.42 bits per heavy atom. The second-order valence-electron chi connectivity index (χ2n) is 3.06. The minimum absolute atomic E-state index is 0.0380. The van der Waals surface area contributed by atoms with E-state index in [2.05, 4.69) is 15.2 Å². The summed E-state index contributed by atoms with van der Waals surface area (Å²) in [5.41, 5.74) is -0.271. The van der Waals surface area contributed by atoms with Gasteiger partial charge < -0.3 is 4.74 Å². The van der Waals surface area contributed by atoms with E-state index in [1.54, 1.807) is 7.11 Å². The summed E-state index contributed by atoms with van der Waals surface area (Å²) in [5.74, 6) is 1.15. The lowest BCUT2D eigenvalue weighted by atomic mass is 10.2. The first-order valence-corrected chi connectivity index (χ1v) is 3.98. The molecule has 0 aliphatic heterocycles. The van der Waals surface area contributed by atoms with Crippen LogP contribution in [0.2, 0.25) is 0 Å². The summed E-state index contributed by atoms with van der Waals surface area (Å²) in [4.78, 5) is 13.3. The number of rotatable bonds is 3. The van der Waals surface area contributed by atoms with Crippen molar-refractivity contribution in [2.24, 2.45) is 5.92 Å². The number of hydrogen-bond acceptors (Lipinski definition) is 3. The summed E-state index contributed by atoms with van der Waals surface area (Å²) in [5, 5.41) is 6.16. The Balaban J connectivity index is 2.20. The van der Waals surface area contributed by atoms with E-state index in [9.17, 15) is 4.79 Å². The Morgan fingerprint density at radius 3 is 2.83 bits per heavy atom. The maximum atomic E-state index is 10.7. The molecule has 1 aliphatic rings. The predicted octanol–water partition coefficient (Wildman–Crippen LogP) is 0.195. The highest BCUT2D eigenvalue weighted by atomic mass is 16.5. The SMILES string of the molecule is COC(c1n[nH]c(=O)[nH]1)C1CC1. The Morgan fingerprint density at radius 1 is 1.67 bits per heavy atom. The highest BCUT2D eigenvalue weighted by Crippen LogP contribution is 2.41. The van der Waals surface area contributed by atoms with Gasteiger partial charge in [-0.25, -0.2) is 9.89 Å². The monoisotopic (exact) mass is 169 g/mol. The molecule has 1 saturated carbocycles. The molecule has 0 aromatic carbocycles. The molecule has 5 heteroatoms. The Kier molecular flexibility index (Phi) is 1.73. The van der Waals surface area contributed by atoms with Crippen molar-refractivity contribution in [2.75, 3.05) is 7.11 Å². The van der Waals surface area contributed by atoms with Crippen molar-refractivity contribution in [1.82, 2.24) is 15.2 Å². The van der Waals surface area contributed by atoms with Gasteiger partial charge in [-0.3, -0.25) is 4.98 Å². The molecule has 1 aromatic heterocycles. The van der Waals surface area contributed by atoms with Gasteiger partial charge in [0, 0.05) is 7.11 Å². The normalized spacial score (nSPS) is 19.4. The molecule has 5 nitrogen and oxygen atoms in total. The van der Waals surface area contributed by atoms with Crippen molar-refractivity contribution in [3.63, 3.8) is 0 Å². The number of methoxy groups -OCH3 is 1. The molecular weight excluding hydrogens is 158 g/mol. The third-order valence-corrected chi connectivity index (χ3v) is 2.09. The van der Waals surface area contributed by atoms with Crippen LogP contribution in [0.3, 0.4) is 0 Å². The lowest BCUT2D eigenvalue weighted by Gasteiger charge is -2.09. The molecule has 1 fully saturated rings. The molecule has 2 N–H and O–H groups in total. The van der Waals surface area contributed by atoms with Crippen molar-refractivity contribution in [1.29, 1.82) is 0 Å². The molecule has 0 bridgehead atoms. The van der Waals surface area contributed by atoms with Crippen molar-refractivity contribution in [2.45, 2.75) is 18.9 Å². The fourth-order valence-corrected chi connectivity index (χ4v) is 1.34. The van der Waals surface area contributed by atoms with E-state index in [4.69, 9.17) is 4.74 Å². The first-order valence-electron chi connectivity index (χ1n) is 3.98. The predicted molar refractivity (Wildman–Crippen MR) is 41.7 cm³/mol. The first kappa shape index (κ1) is 7.54. The summed E-state index contributed by atoms with van der Waals surface area (Å²) in [6, 6.07) is 0. The van der Waals surface area contributed by atoms with E-state index >= 15 is 0 Å². The number of nitrogens with zero attached hydrogens (tertiary/aromatic N) is 1. The summed E-state index contributed by atoms with van der Waals surface area (Å²) in [7, 11) is 1.63. The minimum Gasteiger partial charge on any atom is -0.373 e. The maximum Gasteiger partial charge on any atom is 0.340 e. The fourth-order valence-electron chi connectivity index (χ4n) is 1.34. The zero-order valence-electron chi connectivity index (χ0n) is 6.83. The topological polar surface area (TPSA) is 70.8 Å². The number of hydrogen-bond donors (Lipinski definition) is 2. The molecule has 1 aromatic rings. The summed E-state index contributed by atoms with van der Waals surface area (Å²) >= 11 is 0. The van der Waals surface area contributed by atoms with Crippen LogP contribution in [0.5, 0.6) is 0 Å². The average molecular weight is 169 g/mol. The Labute approximate surface area is 69.1 Å². The fraction of sp³-hybridized carbons (Fsp3) is 0.714. The van der Waals surface area contributed by atoms with E-state index in [1.165, 1.54) is 0 Å². The summed E-state index contributed by atoms with van der Waals surface area (Å²) < 4.78 is 5.22. The molecule has 1 unspecified atom stereocenters. The van der Waals surface area contributed by atoms with Crippen LogP contribution >= 0.6 is 0 Å². The molecule has 1 aliphatic carbocycles. The van der Waals surface area contributed by atoms with E-state index in [-0.39, 0.29) is 11.8 Å². The number of nitrogens with one attached hydrogen (secondary N) is 2. The van der Waals surface area contributed by atoms with Crippen LogP contribution in [0.15, 0.2) is 4.79 Å². The van der Waals surface area contributed by atoms with Gasteiger partial charge >= 0.3 is 5.69 Å². The average Bonchev–Trinajstić information content (AvgIpc) is 2.78. The van der Waals surface area contributed by atoms with Crippen molar-refractivity contribution in [3.8, 4) is 0 Å². The molecule has 2 rings (SSSR count). The molecule has 66 valence electrons. The molecule has 0 spiro atoms. The lowest BCUT2D eigenvalue weighted by molar-refractivity contribution is 0.0775. The van der Waals surface area contributed by atoms with Gasteiger partial charge in [-0.2, -0.15) is 5.10 Å². The van der Waals surface area contributed by atoms with E-state index in [1.807, 2.05) is 0 Å². The molecular formula is C7H11N3O2. The van der Waals surface area contributed by atoms with Crippen molar-refractivity contribution in [3.05, 3.63) is 16.3 Å². The van der Waals surface area contributed by atoms with Gasteiger partial charge in [0.05, 0.1) is 0 Å². The highest BCUT2D eigenvalue weighted by Gasteiger charge is 2.34. The van der Waals surface area contributed by atoms with Crippen LogP contribution < -0.4 is 5.69 Å². The molecule has 0 radical (unpaired) electrons. The molecule has 0 amide bonds. The minimum atomic E-state index is -0.271. The van der Waals surface area contributed by atoms with Gasteiger partial charge in [-0.15, -0.1) is 0 Å². The van der Waals surface area contributed by atoms with Crippen molar-refractivity contribution < 1.29 is 4.74 Å². The van der Waals surface area contributed by atoms with Crippen LogP contribution in [0.1, 0.15) is 24.8 Å². The van der Waals surface area contributed by atoms with Gasteiger partial charge in [0.1, 0.15) is 6.10 Å². The molecule has 1 atom stereocenters. The van der Waals surface area contributed by atoms with Crippen LogP contribution in [-0.2, 0) is 4.74 Å². The zero-order chi connectivity index (χ0) is 8.55. The molecule has 0 saturated heterocycles. The van der Waals surface area contributed by atoms with Crippen LogP contribution in [-0.4, -0.2) is 22.3 Å². The van der Waals surface area contributed by atoms with Crippen LogP contribution in [0.4, 0.5) is 0 Å².